The second-order valence-electron chi connectivity index (χ2n) is 8.72. The predicted molar refractivity (Wildman–Crippen MR) is 118 cm³/mol. The van der Waals surface area contributed by atoms with Crippen molar-refractivity contribution in [2.75, 3.05) is 0 Å². The molecule has 0 spiro atoms. The number of para-hydroxylation sites is 1. The summed E-state index contributed by atoms with van der Waals surface area (Å²) in [5, 5.41) is 9.85. The number of rotatable bonds is 8. The van der Waals surface area contributed by atoms with E-state index in [0.29, 0.717) is 12.0 Å². The van der Waals surface area contributed by atoms with Gasteiger partial charge in [-0.25, -0.2) is 4.39 Å². The lowest BCUT2D eigenvalue weighted by molar-refractivity contribution is 0.215. The summed E-state index contributed by atoms with van der Waals surface area (Å²) >= 11 is 1.67. The van der Waals surface area contributed by atoms with Crippen LogP contribution in [0.1, 0.15) is 50.0 Å². The maximum atomic E-state index is 14.0. The monoisotopic (exact) mass is 438 g/mol. The number of aromatic nitrogens is 4. The van der Waals surface area contributed by atoms with Crippen LogP contribution in [0.4, 0.5) is 4.39 Å². The fourth-order valence-corrected chi connectivity index (χ4v) is 6.30. The van der Waals surface area contributed by atoms with Crippen LogP contribution in [0.2, 0.25) is 0 Å². The van der Waals surface area contributed by atoms with Gasteiger partial charge in [0, 0.05) is 24.2 Å². The molecule has 2 aromatic heterocycles. The second-order valence-corrected chi connectivity index (χ2v) is 9.66. The van der Waals surface area contributed by atoms with Crippen LogP contribution in [0.25, 0.3) is 0 Å². The molecule has 0 aliphatic heterocycles. The molecule has 4 atom stereocenters. The minimum absolute atomic E-state index is 0.201. The maximum absolute atomic E-state index is 14.0. The van der Waals surface area contributed by atoms with Crippen LogP contribution in [-0.4, -0.2) is 19.7 Å². The zero-order valence-corrected chi connectivity index (χ0v) is 18.5. The Morgan fingerprint density at radius 3 is 2.81 bits per heavy atom. The van der Waals surface area contributed by atoms with Crippen molar-refractivity contribution in [3.63, 3.8) is 0 Å². The van der Waals surface area contributed by atoms with Crippen LogP contribution in [0.5, 0.6) is 5.75 Å². The number of pyridine rings is 1. The molecule has 2 aliphatic rings. The summed E-state index contributed by atoms with van der Waals surface area (Å²) in [6, 6.07) is 10.8. The van der Waals surface area contributed by atoms with Gasteiger partial charge in [-0.05, 0) is 67.7 Å². The summed E-state index contributed by atoms with van der Waals surface area (Å²) < 4.78 is 22.1. The predicted octanol–water partition coefficient (Wildman–Crippen LogP) is 5.68. The third kappa shape index (κ3) is 4.33. The van der Waals surface area contributed by atoms with Crippen LogP contribution in [0, 0.1) is 23.6 Å². The summed E-state index contributed by atoms with van der Waals surface area (Å²) in [6.45, 7) is 2.49. The molecule has 0 unspecified atom stereocenters. The minimum atomic E-state index is -0.360. The molecule has 5 nitrogen and oxygen atoms in total. The molecular formula is C24H27FN4OS. The van der Waals surface area contributed by atoms with Gasteiger partial charge in [0.15, 0.2) is 22.5 Å². The first-order chi connectivity index (χ1) is 15.2. The van der Waals surface area contributed by atoms with Gasteiger partial charge in [0.05, 0.1) is 0 Å². The highest BCUT2D eigenvalue weighted by Crippen LogP contribution is 2.52. The molecule has 0 radical (unpaired) electrons. The fourth-order valence-electron chi connectivity index (χ4n) is 5.33. The maximum Gasteiger partial charge on any atom is 0.191 e. The van der Waals surface area contributed by atoms with E-state index in [9.17, 15) is 4.39 Å². The topological polar surface area (TPSA) is 52.8 Å². The average molecular weight is 439 g/mol. The minimum Gasteiger partial charge on any atom is -0.483 e. The van der Waals surface area contributed by atoms with Gasteiger partial charge in [0.25, 0.3) is 0 Å². The molecule has 2 heterocycles. The highest BCUT2D eigenvalue weighted by Gasteiger charge is 2.43. The Balaban J connectivity index is 1.38. The standard InChI is InChI=1S/C24H27FN4OS/c1-16(20-12-17-8-9-19(20)11-17)29-23(14-30-22-7-3-2-6-21(22)25)27-28-24(29)31-15-18-5-4-10-26-13-18/h2-7,10,13,16-17,19-20H,8-9,11-12,14-15H2,1H3/t16-,17+,19+,20+/m1/s1. The van der Waals surface area contributed by atoms with Crippen molar-refractivity contribution in [2.24, 2.45) is 17.8 Å². The number of fused-ring (bicyclic) bond motifs is 2. The molecule has 0 N–H and O–H groups in total. The summed E-state index contributed by atoms with van der Waals surface area (Å²) in [7, 11) is 0. The number of hydrogen-bond acceptors (Lipinski definition) is 5. The van der Waals surface area contributed by atoms with Crippen molar-refractivity contribution in [3.05, 3.63) is 66.0 Å². The van der Waals surface area contributed by atoms with E-state index in [2.05, 4.69) is 32.7 Å². The lowest BCUT2D eigenvalue weighted by Gasteiger charge is -2.30. The third-order valence-corrected chi connectivity index (χ3v) is 7.85. The van der Waals surface area contributed by atoms with Gasteiger partial charge in [-0.3, -0.25) is 9.55 Å². The van der Waals surface area contributed by atoms with Crippen LogP contribution < -0.4 is 4.74 Å². The Hall–Kier alpha value is -2.41. The Kier molecular flexibility index (Phi) is 5.94. The van der Waals surface area contributed by atoms with E-state index < -0.39 is 0 Å². The van der Waals surface area contributed by atoms with Gasteiger partial charge in [-0.2, -0.15) is 0 Å². The lowest BCUT2D eigenvalue weighted by Crippen LogP contribution is -2.24. The smallest absolute Gasteiger partial charge is 0.191 e. The zero-order chi connectivity index (χ0) is 21.2. The van der Waals surface area contributed by atoms with Crippen LogP contribution in [-0.2, 0) is 12.4 Å². The first-order valence-corrected chi connectivity index (χ1v) is 12.0. The van der Waals surface area contributed by atoms with Crippen LogP contribution in [0.15, 0.2) is 53.9 Å². The van der Waals surface area contributed by atoms with Gasteiger partial charge in [-0.15, -0.1) is 10.2 Å². The molecule has 0 amide bonds. The van der Waals surface area contributed by atoms with Crippen molar-refractivity contribution >= 4 is 11.8 Å². The normalized spacial score (nSPS) is 23.2. The van der Waals surface area contributed by atoms with E-state index in [1.807, 2.05) is 12.3 Å². The number of halogens is 1. The quantitative estimate of drug-likeness (QED) is 0.424. The SMILES string of the molecule is C[C@H]([C@@H]1C[C@H]2CC[C@H]1C2)n1c(COc2ccccc2F)nnc1SCc1cccnc1. The number of ether oxygens (including phenoxy) is 1. The summed E-state index contributed by atoms with van der Waals surface area (Å²) in [6.07, 6.45) is 9.02. The Morgan fingerprint density at radius 2 is 2.06 bits per heavy atom. The number of hydrogen-bond donors (Lipinski definition) is 0. The number of nitrogens with zero attached hydrogens (tertiary/aromatic N) is 4. The van der Waals surface area contributed by atoms with Crippen molar-refractivity contribution in [2.45, 2.75) is 56.2 Å². The van der Waals surface area contributed by atoms with E-state index in [1.54, 1.807) is 36.2 Å². The molecule has 5 rings (SSSR count). The van der Waals surface area contributed by atoms with Gasteiger partial charge in [-0.1, -0.05) is 36.4 Å². The average Bonchev–Trinajstić information content (AvgIpc) is 3.53. The summed E-state index contributed by atoms with van der Waals surface area (Å²) in [5.41, 5.74) is 1.15. The largest absolute Gasteiger partial charge is 0.483 e. The molecule has 1 aromatic carbocycles. The fraction of sp³-hybridized carbons (Fsp3) is 0.458. The summed E-state index contributed by atoms with van der Waals surface area (Å²) in [5.74, 6) is 3.73. The number of benzene rings is 1. The third-order valence-electron chi connectivity index (χ3n) is 6.84. The van der Waals surface area contributed by atoms with E-state index in [0.717, 1.165) is 34.1 Å². The molecule has 3 aromatic rings. The summed E-state index contributed by atoms with van der Waals surface area (Å²) in [4.78, 5) is 4.21. The van der Waals surface area contributed by atoms with Gasteiger partial charge >= 0.3 is 0 Å². The van der Waals surface area contributed by atoms with Gasteiger partial charge in [0.1, 0.15) is 6.61 Å². The Bertz CT molecular complexity index is 1030. The molecular weight excluding hydrogens is 411 g/mol. The molecule has 7 heteroatoms. The van der Waals surface area contributed by atoms with Gasteiger partial charge < -0.3 is 4.74 Å². The highest BCUT2D eigenvalue weighted by atomic mass is 32.2. The Labute approximate surface area is 186 Å². The lowest BCUT2D eigenvalue weighted by atomic mass is 9.84. The molecule has 0 saturated heterocycles. The highest BCUT2D eigenvalue weighted by molar-refractivity contribution is 7.98. The van der Waals surface area contributed by atoms with Crippen molar-refractivity contribution in [3.8, 4) is 5.75 Å². The molecule has 31 heavy (non-hydrogen) atoms. The van der Waals surface area contributed by atoms with E-state index in [1.165, 1.54) is 31.7 Å². The van der Waals surface area contributed by atoms with Crippen molar-refractivity contribution in [1.82, 2.24) is 19.7 Å². The first kappa shape index (κ1) is 20.5. The van der Waals surface area contributed by atoms with Crippen molar-refractivity contribution in [1.29, 1.82) is 0 Å². The van der Waals surface area contributed by atoms with E-state index in [-0.39, 0.29) is 18.2 Å². The van der Waals surface area contributed by atoms with E-state index >= 15 is 0 Å². The molecule has 2 aliphatic carbocycles. The molecule has 2 fully saturated rings. The molecule has 2 saturated carbocycles. The Morgan fingerprint density at radius 1 is 1.16 bits per heavy atom. The molecule has 162 valence electrons. The van der Waals surface area contributed by atoms with Crippen LogP contribution >= 0.6 is 11.8 Å². The van der Waals surface area contributed by atoms with Crippen LogP contribution in [0.3, 0.4) is 0 Å². The van der Waals surface area contributed by atoms with Crippen molar-refractivity contribution < 1.29 is 9.13 Å². The number of thioether (sulfide) groups is 1. The second kappa shape index (κ2) is 8.99. The van der Waals surface area contributed by atoms with Gasteiger partial charge in [0.2, 0.25) is 0 Å². The molecule has 2 bridgehead atoms. The van der Waals surface area contributed by atoms with E-state index in [4.69, 9.17) is 4.74 Å². The first-order valence-electron chi connectivity index (χ1n) is 11.0. The zero-order valence-electron chi connectivity index (χ0n) is 17.7.